The van der Waals surface area contributed by atoms with Gasteiger partial charge in [-0.05, 0) is 36.6 Å². The molecule has 1 aliphatic rings. The van der Waals surface area contributed by atoms with Gasteiger partial charge in [0.2, 0.25) is 17.7 Å². The molecule has 2 aromatic rings. The van der Waals surface area contributed by atoms with Crippen molar-refractivity contribution in [2.45, 2.75) is 52.2 Å². The Hall–Kier alpha value is -3.92. The minimum Gasteiger partial charge on any atom is -0.345 e. The molecule has 0 radical (unpaired) electrons. The molecule has 3 rings (SSSR count). The van der Waals surface area contributed by atoms with E-state index in [1.54, 1.807) is 25.7 Å². The van der Waals surface area contributed by atoms with Gasteiger partial charge in [-0.25, -0.2) is 0 Å². The van der Waals surface area contributed by atoms with Crippen LogP contribution in [0.1, 0.15) is 50.3 Å². The van der Waals surface area contributed by atoms with E-state index in [-0.39, 0.29) is 24.7 Å². The lowest BCUT2D eigenvalue weighted by Crippen LogP contribution is -2.52. The topological polar surface area (TPSA) is 95.6 Å². The normalized spacial score (nSPS) is 13.7. The summed E-state index contributed by atoms with van der Waals surface area (Å²) in [5.41, 5.74) is 3.25. The van der Waals surface area contributed by atoms with E-state index in [1.807, 2.05) is 48.5 Å². The van der Waals surface area contributed by atoms with Crippen LogP contribution in [-0.4, -0.2) is 36.1 Å². The molecule has 2 atom stereocenters. The largest absolute Gasteiger partial charge is 0.345 e. The van der Waals surface area contributed by atoms with E-state index >= 15 is 0 Å². The average molecular weight is 460 g/mol. The van der Waals surface area contributed by atoms with Gasteiger partial charge in [0.15, 0.2) is 0 Å². The second-order valence-corrected chi connectivity index (χ2v) is 8.63. The van der Waals surface area contributed by atoms with Crippen LogP contribution in [0.5, 0.6) is 0 Å². The standard InChI is InChI=1S/C27H29N3O4/c1-18(2)26(27(34)28-19(3)17-31)29-24(32)14-15-25(33)30-16-22-10-5-4-8-20(22)12-13-21-9-6-7-11-23(21)30/h4-11,17-19,26H,14-16H2,1-3H3,(H,28,34)(H,29,32)/t19-,26?/m0/s1. The van der Waals surface area contributed by atoms with Crippen LogP contribution in [0, 0.1) is 17.8 Å². The summed E-state index contributed by atoms with van der Waals surface area (Å²) in [4.78, 5) is 50.8. The van der Waals surface area contributed by atoms with Gasteiger partial charge in [0.05, 0.1) is 18.3 Å². The Morgan fingerprint density at radius 3 is 2.29 bits per heavy atom. The van der Waals surface area contributed by atoms with Crippen molar-refractivity contribution >= 4 is 29.7 Å². The number of aldehydes is 1. The third-order valence-corrected chi connectivity index (χ3v) is 5.58. The first-order valence-corrected chi connectivity index (χ1v) is 11.3. The van der Waals surface area contributed by atoms with Crippen molar-refractivity contribution in [3.63, 3.8) is 0 Å². The van der Waals surface area contributed by atoms with Gasteiger partial charge in [-0.15, -0.1) is 0 Å². The molecule has 2 N–H and O–H groups in total. The average Bonchev–Trinajstić information content (AvgIpc) is 2.82. The van der Waals surface area contributed by atoms with E-state index in [4.69, 9.17) is 0 Å². The maximum Gasteiger partial charge on any atom is 0.243 e. The van der Waals surface area contributed by atoms with E-state index in [2.05, 4.69) is 22.5 Å². The zero-order valence-electron chi connectivity index (χ0n) is 19.6. The lowest BCUT2D eigenvalue weighted by molar-refractivity contribution is -0.131. The first kappa shape index (κ1) is 24.7. The second kappa shape index (κ2) is 11.3. The number of carbonyl (C=O) groups excluding carboxylic acids is 4. The molecule has 0 aliphatic carbocycles. The Bertz CT molecular complexity index is 1150. The predicted molar refractivity (Wildman–Crippen MR) is 130 cm³/mol. The van der Waals surface area contributed by atoms with Crippen LogP contribution in [0.15, 0.2) is 48.5 Å². The second-order valence-electron chi connectivity index (χ2n) is 8.63. The summed E-state index contributed by atoms with van der Waals surface area (Å²) in [6.45, 7) is 5.52. The van der Waals surface area contributed by atoms with Gasteiger partial charge >= 0.3 is 0 Å². The van der Waals surface area contributed by atoms with Crippen molar-refractivity contribution in [3.8, 4) is 11.8 Å². The van der Waals surface area contributed by atoms with Crippen LogP contribution in [-0.2, 0) is 25.7 Å². The highest BCUT2D eigenvalue weighted by Gasteiger charge is 2.26. The Kier molecular flexibility index (Phi) is 8.20. The molecule has 0 spiro atoms. The van der Waals surface area contributed by atoms with Crippen LogP contribution in [0.3, 0.4) is 0 Å². The summed E-state index contributed by atoms with van der Waals surface area (Å²) < 4.78 is 0. The minimum atomic E-state index is -0.797. The first-order valence-electron chi connectivity index (χ1n) is 11.3. The number of para-hydroxylation sites is 1. The van der Waals surface area contributed by atoms with E-state index in [9.17, 15) is 19.2 Å². The molecule has 34 heavy (non-hydrogen) atoms. The van der Waals surface area contributed by atoms with Gasteiger partial charge in [-0.2, -0.15) is 0 Å². The number of carbonyl (C=O) groups is 4. The Labute approximate surface area is 199 Å². The number of hydrogen-bond acceptors (Lipinski definition) is 4. The number of nitrogens with one attached hydrogen (secondary N) is 2. The zero-order chi connectivity index (χ0) is 24.7. The molecule has 0 saturated heterocycles. The lowest BCUT2D eigenvalue weighted by atomic mass is 10.0. The quantitative estimate of drug-likeness (QED) is 0.469. The molecule has 2 aromatic carbocycles. The molecule has 3 amide bonds. The SMILES string of the molecule is CC(C)C(NC(=O)CCC(=O)N1Cc2ccccc2C#Cc2ccccc21)C(=O)N[C@@H](C)C=O. The number of fused-ring (bicyclic) bond motifs is 2. The summed E-state index contributed by atoms with van der Waals surface area (Å²) >= 11 is 0. The van der Waals surface area contributed by atoms with Gasteiger partial charge in [0, 0.05) is 24.0 Å². The van der Waals surface area contributed by atoms with Crippen molar-refractivity contribution in [1.82, 2.24) is 10.6 Å². The highest BCUT2D eigenvalue weighted by molar-refractivity contribution is 5.97. The maximum absolute atomic E-state index is 13.3. The summed E-state index contributed by atoms with van der Waals surface area (Å²) in [5.74, 6) is 5.11. The van der Waals surface area contributed by atoms with Crippen molar-refractivity contribution in [2.24, 2.45) is 5.92 Å². The molecule has 0 fully saturated rings. The third kappa shape index (κ3) is 6.10. The van der Waals surface area contributed by atoms with E-state index in [0.29, 0.717) is 18.5 Å². The van der Waals surface area contributed by atoms with E-state index in [1.165, 1.54) is 0 Å². The highest BCUT2D eigenvalue weighted by atomic mass is 16.2. The summed E-state index contributed by atoms with van der Waals surface area (Å²) in [5, 5.41) is 5.26. The Morgan fingerprint density at radius 1 is 0.941 bits per heavy atom. The monoisotopic (exact) mass is 459 g/mol. The molecule has 7 nitrogen and oxygen atoms in total. The summed E-state index contributed by atoms with van der Waals surface area (Å²) in [7, 11) is 0. The molecule has 1 unspecified atom stereocenters. The molecule has 0 bridgehead atoms. The molecule has 1 heterocycles. The zero-order valence-corrected chi connectivity index (χ0v) is 19.6. The van der Waals surface area contributed by atoms with Gasteiger partial charge in [0.25, 0.3) is 0 Å². The van der Waals surface area contributed by atoms with Gasteiger partial charge in [0.1, 0.15) is 12.3 Å². The molecular weight excluding hydrogens is 430 g/mol. The number of amides is 3. The molecule has 176 valence electrons. The number of nitrogens with zero attached hydrogens (tertiary/aromatic N) is 1. The van der Waals surface area contributed by atoms with Gasteiger partial charge < -0.3 is 20.3 Å². The summed E-state index contributed by atoms with van der Waals surface area (Å²) in [6, 6.07) is 13.7. The van der Waals surface area contributed by atoms with Crippen LogP contribution in [0.25, 0.3) is 0 Å². The molecule has 0 aromatic heterocycles. The Balaban J connectivity index is 1.71. The number of hydrogen-bond donors (Lipinski definition) is 2. The van der Waals surface area contributed by atoms with Crippen molar-refractivity contribution < 1.29 is 19.2 Å². The number of benzene rings is 2. The fourth-order valence-corrected chi connectivity index (χ4v) is 3.69. The van der Waals surface area contributed by atoms with E-state index < -0.39 is 23.9 Å². The number of anilines is 1. The fourth-order valence-electron chi connectivity index (χ4n) is 3.69. The first-order chi connectivity index (χ1) is 16.3. The Morgan fingerprint density at radius 2 is 1.59 bits per heavy atom. The van der Waals surface area contributed by atoms with Crippen LogP contribution >= 0.6 is 0 Å². The van der Waals surface area contributed by atoms with Crippen LogP contribution in [0.4, 0.5) is 5.69 Å². The van der Waals surface area contributed by atoms with E-state index in [0.717, 1.165) is 16.7 Å². The van der Waals surface area contributed by atoms with Crippen molar-refractivity contribution in [2.75, 3.05) is 4.90 Å². The predicted octanol–water partition coefficient (Wildman–Crippen LogP) is 2.56. The van der Waals surface area contributed by atoms with Crippen LogP contribution in [0.2, 0.25) is 0 Å². The molecule has 0 saturated carbocycles. The third-order valence-electron chi connectivity index (χ3n) is 5.58. The van der Waals surface area contributed by atoms with Gasteiger partial charge in [-0.3, -0.25) is 14.4 Å². The summed E-state index contributed by atoms with van der Waals surface area (Å²) in [6.07, 6.45) is 0.539. The van der Waals surface area contributed by atoms with Crippen LogP contribution < -0.4 is 15.5 Å². The minimum absolute atomic E-state index is 0.0209. The maximum atomic E-state index is 13.3. The number of rotatable bonds is 8. The van der Waals surface area contributed by atoms with Gasteiger partial charge in [-0.1, -0.05) is 56.0 Å². The lowest BCUT2D eigenvalue weighted by Gasteiger charge is -2.26. The smallest absolute Gasteiger partial charge is 0.243 e. The molecule has 7 heteroatoms. The highest BCUT2D eigenvalue weighted by Crippen LogP contribution is 2.26. The molecular formula is C27H29N3O4. The van der Waals surface area contributed by atoms with Crippen molar-refractivity contribution in [1.29, 1.82) is 0 Å². The molecule has 1 aliphatic heterocycles. The van der Waals surface area contributed by atoms with Crippen molar-refractivity contribution in [3.05, 3.63) is 65.2 Å². The fraction of sp³-hybridized carbons (Fsp3) is 0.333.